The smallest absolute Gasteiger partial charge is 0.220 e. The molecule has 0 saturated carbocycles. The number of hydrogen-bond acceptors (Lipinski definition) is 3. The number of allylic oxidation sites excluding steroid dienone is 3. The van der Waals surface area contributed by atoms with Gasteiger partial charge in [0.25, 0.3) is 0 Å². The fourth-order valence-electron chi connectivity index (χ4n) is 5.35. The Morgan fingerprint density at radius 2 is 0.927 bits per heavy atom. The number of carbonyl (C=O) groups is 1. The first-order valence-corrected chi connectivity index (χ1v) is 18.1. The normalized spacial score (nSPS) is 13.4. The average molecular weight is 578 g/mol. The Morgan fingerprint density at radius 3 is 1.37 bits per heavy atom. The van der Waals surface area contributed by atoms with Gasteiger partial charge < -0.3 is 15.5 Å². The summed E-state index contributed by atoms with van der Waals surface area (Å²) in [7, 11) is 0. The summed E-state index contributed by atoms with van der Waals surface area (Å²) in [6.45, 7) is 4.28. The highest BCUT2D eigenvalue weighted by molar-refractivity contribution is 5.76. The zero-order valence-corrected chi connectivity index (χ0v) is 27.6. The van der Waals surface area contributed by atoms with Crippen LogP contribution in [0.1, 0.15) is 187 Å². The summed E-state index contributed by atoms with van der Waals surface area (Å²) < 4.78 is 0. The van der Waals surface area contributed by atoms with Crippen LogP contribution in [-0.4, -0.2) is 34.9 Å². The molecular formula is C37H71NO3. The SMILES string of the molecule is CCCCCC/C=C/CCCCCCCC(=O)N[C@@H](CO)[C@H](O)/C=C/CCCCCCCCCCCCCCCC. The molecule has 0 radical (unpaired) electrons. The van der Waals surface area contributed by atoms with Crippen molar-refractivity contribution in [1.82, 2.24) is 5.32 Å². The Bertz CT molecular complexity index is 589. The zero-order chi connectivity index (χ0) is 30.1. The van der Waals surface area contributed by atoms with Gasteiger partial charge >= 0.3 is 0 Å². The molecule has 1 amide bonds. The lowest BCUT2D eigenvalue weighted by Crippen LogP contribution is -2.45. The molecule has 0 fully saturated rings. The van der Waals surface area contributed by atoms with Crippen molar-refractivity contribution in [3.63, 3.8) is 0 Å². The van der Waals surface area contributed by atoms with E-state index in [9.17, 15) is 15.0 Å². The first-order chi connectivity index (χ1) is 20.2. The van der Waals surface area contributed by atoms with Crippen LogP contribution < -0.4 is 5.32 Å². The molecule has 2 atom stereocenters. The maximum atomic E-state index is 12.3. The van der Waals surface area contributed by atoms with Crippen LogP contribution in [0.25, 0.3) is 0 Å². The van der Waals surface area contributed by atoms with E-state index in [0.29, 0.717) is 6.42 Å². The lowest BCUT2D eigenvalue weighted by atomic mass is 10.0. The minimum Gasteiger partial charge on any atom is -0.394 e. The summed E-state index contributed by atoms with van der Waals surface area (Å²) in [5.74, 6) is -0.0746. The van der Waals surface area contributed by atoms with Crippen LogP contribution in [0.3, 0.4) is 0 Å². The molecule has 0 bridgehead atoms. The second kappa shape index (κ2) is 33.4. The third-order valence-electron chi connectivity index (χ3n) is 8.18. The highest BCUT2D eigenvalue weighted by Crippen LogP contribution is 2.14. The predicted octanol–water partition coefficient (Wildman–Crippen LogP) is 10.5. The van der Waals surface area contributed by atoms with Crippen LogP contribution in [0, 0.1) is 0 Å². The third-order valence-corrected chi connectivity index (χ3v) is 8.18. The summed E-state index contributed by atoms with van der Waals surface area (Å²) in [6, 6.07) is -0.621. The molecule has 0 spiro atoms. The summed E-state index contributed by atoms with van der Waals surface area (Å²) in [4.78, 5) is 12.3. The molecule has 0 saturated heterocycles. The van der Waals surface area contributed by atoms with Crippen LogP contribution in [0.4, 0.5) is 0 Å². The number of rotatable bonds is 32. The fourth-order valence-corrected chi connectivity index (χ4v) is 5.35. The Balaban J connectivity index is 3.64. The Kier molecular flexibility index (Phi) is 32.5. The van der Waals surface area contributed by atoms with Gasteiger partial charge in [-0.15, -0.1) is 0 Å². The van der Waals surface area contributed by atoms with E-state index < -0.39 is 12.1 Å². The van der Waals surface area contributed by atoms with Crippen molar-refractivity contribution in [2.24, 2.45) is 0 Å². The Morgan fingerprint density at radius 1 is 0.561 bits per heavy atom. The summed E-state index contributed by atoms with van der Waals surface area (Å²) in [6.07, 6.45) is 41.1. The molecule has 0 aliphatic rings. The number of carbonyl (C=O) groups excluding carboxylic acids is 1. The molecular weight excluding hydrogens is 506 g/mol. The van der Waals surface area contributed by atoms with Crippen molar-refractivity contribution in [3.05, 3.63) is 24.3 Å². The third kappa shape index (κ3) is 30.1. The zero-order valence-electron chi connectivity index (χ0n) is 27.6. The largest absolute Gasteiger partial charge is 0.394 e. The van der Waals surface area contributed by atoms with E-state index in [1.54, 1.807) is 6.08 Å². The molecule has 4 heteroatoms. The van der Waals surface area contributed by atoms with Crippen LogP contribution in [-0.2, 0) is 4.79 Å². The number of aliphatic hydroxyl groups excluding tert-OH is 2. The minimum atomic E-state index is -0.838. The molecule has 0 aliphatic heterocycles. The number of amides is 1. The summed E-state index contributed by atoms with van der Waals surface area (Å²) in [5.41, 5.74) is 0. The highest BCUT2D eigenvalue weighted by Gasteiger charge is 2.17. The van der Waals surface area contributed by atoms with Gasteiger partial charge in [-0.05, 0) is 44.9 Å². The molecule has 0 aliphatic carbocycles. The van der Waals surface area contributed by atoms with Gasteiger partial charge in [0.2, 0.25) is 5.91 Å². The molecule has 0 unspecified atom stereocenters. The predicted molar refractivity (Wildman–Crippen MR) is 179 cm³/mol. The second-order valence-corrected chi connectivity index (χ2v) is 12.3. The van der Waals surface area contributed by atoms with E-state index in [1.807, 2.05) is 6.08 Å². The summed E-state index contributed by atoms with van der Waals surface area (Å²) in [5, 5.41) is 22.9. The van der Waals surface area contributed by atoms with Crippen molar-refractivity contribution in [1.29, 1.82) is 0 Å². The van der Waals surface area contributed by atoms with Crippen LogP contribution >= 0.6 is 0 Å². The van der Waals surface area contributed by atoms with Crippen LogP contribution in [0.2, 0.25) is 0 Å². The van der Waals surface area contributed by atoms with Gasteiger partial charge in [0.15, 0.2) is 0 Å². The Hall–Kier alpha value is -1.13. The van der Waals surface area contributed by atoms with Gasteiger partial charge in [-0.1, -0.05) is 160 Å². The molecule has 242 valence electrons. The summed E-state index contributed by atoms with van der Waals surface area (Å²) >= 11 is 0. The van der Waals surface area contributed by atoms with Crippen molar-refractivity contribution in [2.75, 3.05) is 6.61 Å². The van der Waals surface area contributed by atoms with E-state index in [-0.39, 0.29) is 12.5 Å². The molecule has 3 N–H and O–H groups in total. The van der Waals surface area contributed by atoms with Gasteiger partial charge in [-0.25, -0.2) is 0 Å². The fraction of sp³-hybridized carbons (Fsp3) is 0.865. The van der Waals surface area contributed by atoms with Gasteiger partial charge in [-0.3, -0.25) is 4.79 Å². The van der Waals surface area contributed by atoms with E-state index in [2.05, 4.69) is 31.3 Å². The van der Waals surface area contributed by atoms with Crippen molar-refractivity contribution >= 4 is 5.91 Å². The minimum absolute atomic E-state index is 0.0746. The topological polar surface area (TPSA) is 69.6 Å². The van der Waals surface area contributed by atoms with E-state index in [4.69, 9.17) is 0 Å². The van der Waals surface area contributed by atoms with Crippen LogP contribution in [0.5, 0.6) is 0 Å². The number of aliphatic hydroxyl groups is 2. The van der Waals surface area contributed by atoms with Crippen LogP contribution in [0.15, 0.2) is 24.3 Å². The highest BCUT2D eigenvalue weighted by atomic mass is 16.3. The Labute approximate surface area is 256 Å². The van der Waals surface area contributed by atoms with Gasteiger partial charge in [0.05, 0.1) is 18.8 Å². The molecule has 0 rings (SSSR count). The standard InChI is InChI=1S/C37H71NO3/c1-3-5-7-9-11-13-15-17-18-19-21-22-24-26-28-30-32-36(40)35(34-39)38-37(41)33-31-29-27-25-23-20-16-14-12-10-8-6-4-2/h14,16,30,32,35-36,39-40H,3-13,15,17-29,31,33-34H2,1-2H3,(H,38,41)/b16-14+,32-30+/t35-,36+/m0/s1. The molecule has 0 aromatic heterocycles. The second-order valence-electron chi connectivity index (χ2n) is 12.3. The number of nitrogens with one attached hydrogen (secondary N) is 1. The molecule has 4 nitrogen and oxygen atoms in total. The monoisotopic (exact) mass is 578 g/mol. The molecule has 41 heavy (non-hydrogen) atoms. The average Bonchev–Trinajstić information content (AvgIpc) is 2.97. The lowest BCUT2D eigenvalue weighted by molar-refractivity contribution is -0.123. The first-order valence-electron chi connectivity index (χ1n) is 18.1. The maximum absolute atomic E-state index is 12.3. The lowest BCUT2D eigenvalue weighted by Gasteiger charge is -2.20. The van der Waals surface area contributed by atoms with E-state index in [1.165, 1.54) is 128 Å². The molecule has 0 aromatic rings. The quantitative estimate of drug-likeness (QED) is 0.0550. The molecule has 0 aromatic carbocycles. The van der Waals surface area contributed by atoms with Gasteiger partial charge in [0, 0.05) is 6.42 Å². The van der Waals surface area contributed by atoms with E-state index in [0.717, 1.165) is 38.5 Å². The van der Waals surface area contributed by atoms with Crippen molar-refractivity contribution < 1.29 is 15.0 Å². The van der Waals surface area contributed by atoms with Crippen molar-refractivity contribution in [2.45, 2.75) is 199 Å². The van der Waals surface area contributed by atoms with Gasteiger partial charge in [-0.2, -0.15) is 0 Å². The van der Waals surface area contributed by atoms with Gasteiger partial charge in [0.1, 0.15) is 0 Å². The molecule has 0 heterocycles. The number of hydrogen-bond donors (Lipinski definition) is 3. The maximum Gasteiger partial charge on any atom is 0.220 e. The number of unbranched alkanes of at least 4 members (excludes halogenated alkanes) is 23. The first kappa shape index (κ1) is 39.9. The van der Waals surface area contributed by atoms with E-state index >= 15 is 0 Å². The van der Waals surface area contributed by atoms with Crippen molar-refractivity contribution in [3.8, 4) is 0 Å².